The van der Waals surface area contributed by atoms with Gasteiger partial charge in [0.1, 0.15) is 6.07 Å². The number of hydrogen-bond donors (Lipinski definition) is 0. The molecule has 0 fully saturated rings. The van der Waals surface area contributed by atoms with E-state index in [4.69, 9.17) is 10.5 Å². The van der Waals surface area contributed by atoms with E-state index >= 15 is 0 Å². The molecule has 0 amide bonds. The van der Waals surface area contributed by atoms with Gasteiger partial charge in [0.25, 0.3) is 0 Å². The molecule has 0 saturated carbocycles. The smallest absolute Gasteiger partial charge is 0.153 e. The van der Waals surface area contributed by atoms with Crippen LogP contribution in [0, 0.1) is 28.5 Å². The minimum Gasteiger partial charge on any atom is -0.298 e. The van der Waals surface area contributed by atoms with E-state index in [0.717, 1.165) is 0 Å². The molecular weight excluding hydrogens is 183 g/mol. The standard InChI is InChI=1S/C10H5FN2O/c11-10-8(6-14)2-1-7(3-4-12)9(10)5-13/h1-2,6H,3H2. The number of nitrogens with zero attached hydrogens (tertiary/aromatic N) is 2. The van der Waals surface area contributed by atoms with Crippen LogP contribution in [0.25, 0.3) is 0 Å². The monoisotopic (exact) mass is 188 g/mol. The summed E-state index contributed by atoms with van der Waals surface area (Å²) in [5, 5.41) is 17.0. The van der Waals surface area contributed by atoms with E-state index in [1.807, 2.05) is 6.07 Å². The van der Waals surface area contributed by atoms with Crippen molar-refractivity contribution in [1.82, 2.24) is 0 Å². The Balaban J connectivity index is 3.39. The predicted molar refractivity (Wildman–Crippen MR) is 45.8 cm³/mol. The molecule has 4 heteroatoms. The van der Waals surface area contributed by atoms with Gasteiger partial charge in [0.2, 0.25) is 0 Å². The minimum atomic E-state index is -0.852. The normalized spacial score (nSPS) is 8.79. The Morgan fingerprint density at radius 3 is 2.64 bits per heavy atom. The highest BCUT2D eigenvalue weighted by Gasteiger charge is 2.11. The summed E-state index contributed by atoms with van der Waals surface area (Å²) in [5.41, 5.74) is -0.0857. The van der Waals surface area contributed by atoms with Crippen molar-refractivity contribution in [2.45, 2.75) is 6.42 Å². The first kappa shape index (κ1) is 9.88. The van der Waals surface area contributed by atoms with Gasteiger partial charge in [0.15, 0.2) is 12.1 Å². The number of rotatable bonds is 2. The fourth-order valence-corrected chi connectivity index (χ4v) is 1.08. The van der Waals surface area contributed by atoms with Crippen LogP contribution in [-0.4, -0.2) is 6.29 Å². The summed E-state index contributed by atoms with van der Waals surface area (Å²) in [6.45, 7) is 0. The Labute approximate surface area is 80.0 Å². The number of hydrogen-bond acceptors (Lipinski definition) is 3. The average Bonchev–Trinajstić information content (AvgIpc) is 2.19. The fraction of sp³-hybridized carbons (Fsp3) is 0.100. The number of carbonyl (C=O) groups excluding carboxylic acids is 1. The first-order valence-electron chi connectivity index (χ1n) is 3.78. The van der Waals surface area contributed by atoms with Gasteiger partial charge >= 0.3 is 0 Å². The maximum absolute atomic E-state index is 13.3. The van der Waals surface area contributed by atoms with Crippen LogP contribution in [0.5, 0.6) is 0 Å². The van der Waals surface area contributed by atoms with Gasteiger partial charge in [0.05, 0.1) is 23.6 Å². The lowest BCUT2D eigenvalue weighted by Crippen LogP contribution is -1.97. The number of halogens is 1. The Bertz CT molecular complexity index is 454. The first-order valence-corrected chi connectivity index (χ1v) is 3.78. The highest BCUT2D eigenvalue weighted by atomic mass is 19.1. The topological polar surface area (TPSA) is 64.7 Å². The van der Waals surface area contributed by atoms with Gasteiger partial charge in [-0.3, -0.25) is 4.79 Å². The lowest BCUT2D eigenvalue weighted by atomic mass is 10.0. The molecule has 0 heterocycles. The van der Waals surface area contributed by atoms with E-state index in [1.54, 1.807) is 6.07 Å². The van der Waals surface area contributed by atoms with Crippen molar-refractivity contribution >= 4 is 6.29 Å². The van der Waals surface area contributed by atoms with Crippen molar-refractivity contribution in [3.05, 3.63) is 34.6 Å². The molecule has 3 nitrogen and oxygen atoms in total. The highest BCUT2D eigenvalue weighted by Crippen LogP contribution is 2.16. The molecular formula is C10H5FN2O. The molecule has 0 unspecified atom stereocenters. The quantitative estimate of drug-likeness (QED) is 0.661. The van der Waals surface area contributed by atoms with Gasteiger partial charge in [0, 0.05) is 0 Å². The lowest BCUT2D eigenvalue weighted by Gasteiger charge is -2.01. The summed E-state index contributed by atoms with van der Waals surface area (Å²) < 4.78 is 13.3. The van der Waals surface area contributed by atoms with Crippen molar-refractivity contribution in [2.75, 3.05) is 0 Å². The fourth-order valence-electron chi connectivity index (χ4n) is 1.08. The molecule has 1 aromatic rings. The SMILES string of the molecule is N#CCc1ccc(C=O)c(F)c1C#N. The van der Waals surface area contributed by atoms with Gasteiger partial charge in [-0.25, -0.2) is 4.39 Å². The van der Waals surface area contributed by atoms with Crippen molar-refractivity contribution in [3.8, 4) is 12.1 Å². The molecule has 0 bridgehead atoms. The maximum atomic E-state index is 13.3. The third-order valence-electron chi connectivity index (χ3n) is 1.77. The van der Waals surface area contributed by atoms with Gasteiger partial charge in [-0.2, -0.15) is 10.5 Å². The molecule has 1 rings (SSSR count). The zero-order valence-electron chi connectivity index (χ0n) is 7.12. The van der Waals surface area contributed by atoms with Crippen LogP contribution in [0.15, 0.2) is 12.1 Å². The molecule has 0 atom stereocenters. The summed E-state index contributed by atoms with van der Waals surface area (Å²) in [6.07, 6.45) is 0.297. The second kappa shape index (κ2) is 4.15. The molecule has 0 aliphatic rings. The van der Waals surface area contributed by atoms with Crippen molar-refractivity contribution in [2.24, 2.45) is 0 Å². The van der Waals surface area contributed by atoms with E-state index in [1.165, 1.54) is 12.1 Å². The largest absolute Gasteiger partial charge is 0.298 e. The van der Waals surface area contributed by atoms with Gasteiger partial charge in [-0.1, -0.05) is 6.07 Å². The Hall–Kier alpha value is -2.20. The summed E-state index contributed by atoms with van der Waals surface area (Å²) in [4.78, 5) is 10.4. The molecule has 0 spiro atoms. The van der Waals surface area contributed by atoms with Crippen LogP contribution >= 0.6 is 0 Å². The maximum Gasteiger partial charge on any atom is 0.153 e. The van der Waals surface area contributed by atoms with Gasteiger partial charge < -0.3 is 0 Å². The Morgan fingerprint density at radius 2 is 2.14 bits per heavy atom. The van der Waals surface area contributed by atoms with E-state index in [-0.39, 0.29) is 17.5 Å². The molecule has 0 aliphatic heterocycles. The van der Waals surface area contributed by atoms with Gasteiger partial charge in [-0.05, 0) is 11.6 Å². The molecule has 68 valence electrons. The van der Waals surface area contributed by atoms with E-state index < -0.39 is 5.82 Å². The molecule has 0 aliphatic carbocycles. The Morgan fingerprint density at radius 1 is 1.43 bits per heavy atom. The number of aldehydes is 1. The summed E-state index contributed by atoms with van der Waals surface area (Å²) in [6, 6.07) is 6.13. The van der Waals surface area contributed by atoms with Crippen LogP contribution in [0.4, 0.5) is 4.39 Å². The minimum absolute atomic E-state index is 0.0427. The molecule has 0 radical (unpaired) electrons. The molecule has 0 saturated heterocycles. The third kappa shape index (κ3) is 1.60. The molecule has 0 aromatic heterocycles. The third-order valence-corrected chi connectivity index (χ3v) is 1.77. The predicted octanol–water partition coefficient (Wildman–Crippen LogP) is 1.58. The Kier molecular flexibility index (Phi) is 2.93. The van der Waals surface area contributed by atoms with Crippen molar-refractivity contribution in [1.29, 1.82) is 10.5 Å². The van der Waals surface area contributed by atoms with Crippen LogP contribution in [0.2, 0.25) is 0 Å². The van der Waals surface area contributed by atoms with Crippen LogP contribution in [0.3, 0.4) is 0 Å². The van der Waals surface area contributed by atoms with Crippen molar-refractivity contribution < 1.29 is 9.18 Å². The second-order valence-electron chi connectivity index (χ2n) is 2.57. The van der Waals surface area contributed by atoms with Crippen LogP contribution < -0.4 is 0 Å². The lowest BCUT2D eigenvalue weighted by molar-refractivity contribution is 0.111. The summed E-state index contributed by atoms with van der Waals surface area (Å²) >= 11 is 0. The zero-order chi connectivity index (χ0) is 10.6. The second-order valence-corrected chi connectivity index (χ2v) is 2.57. The van der Waals surface area contributed by atoms with Gasteiger partial charge in [-0.15, -0.1) is 0 Å². The van der Waals surface area contributed by atoms with E-state index in [2.05, 4.69) is 0 Å². The first-order chi connectivity index (χ1) is 6.74. The zero-order valence-corrected chi connectivity index (χ0v) is 7.12. The van der Waals surface area contributed by atoms with E-state index in [9.17, 15) is 9.18 Å². The molecule has 1 aromatic carbocycles. The number of nitriles is 2. The van der Waals surface area contributed by atoms with Crippen LogP contribution in [-0.2, 0) is 6.42 Å². The number of benzene rings is 1. The summed E-state index contributed by atoms with van der Waals surface area (Å²) in [5.74, 6) is -0.852. The molecule has 0 N–H and O–H groups in total. The highest BCUT2D eigenvalue weighted by molar-refractivity contribution is 5.76. The summed E-state index contributed by atoms with van der Waals surface area (Å²) in [7, 11) is 0. The van der Waals surface area contributed by atoms with E-state index in [0.29, 0.717) is 11.8 Å². The number of carbonyl (C=O) groups is 1. The average molecular weight is 188 g/mol. The van der Waals surface area contributed by atoms with Crippen LogP contribution in [0.1, 0.15) is 21.5 Å². The molecule has 14 heavy (non-hydrogen) atoms. The van der Waals surface area contributed by atoms with Crippen molar-refractivity contribution in [3.63, 3.8) is 0 Å².